The molecule has 1 aliphatic rings. The lowest BCUT2D eigenvalue weighted by Gasteiger charge is -2.23. The average molecular weight is 409 g/mol. The Morgan fingerprint density at radius 1 is 1.10 bits per heavy atom. The first-order valence-electron chi connectivity index (χ1n) is 11.5. The molecule has 0 aromatic rings. The van der Waals surface area contributed by atoms with Gasteiger partial charge in [-0.05, 0) is 62.2 Å². The zero-order chi connectivity index (χ0) is 21.8. The molecule has 1 aliphatic carbocycles. The summed E-state index contributed by atoms with van der Waals surface area (Å²) in [4.78, 5) is 10.8. The van der Waals surface area contributed by atoms with Gasteiger partial charge in [-0.25, -0.2) is 0 Å². The molecule has 0 radical (unpaired) electrons. The Morgan fingerprint density at radius 2 is 1.86 bits per heavy atom. The molecule has 168 valence electrons. The summed E-state index contributed by atoms with van der Waals surface area (Å²) < 4.78 is 4.67. The summed E-state index contributed by atoms with van der Waals surface area (Å²) in [5.41, 5.74) is 0.407. The van der Waals surface area contributed by atoms with Crippen LogP contribution in [0.4, 0.5) is 0 Å². The summed E-state index contributed by atoms with van der Waals surface area (Å²) in [6.07, 6.45) is 21.1. The number of aliphatic hydroxyl groups is 2. The summed E-state index contributed by atoms with van der Waals surface area (Å²) >= 11 is 0. The van der Waals surface area contributed by atoms with Crippen LogP contribution >= 0.6 is 0 Å². The third-order valence-corrected chi connectivity index (χ3v) is 6.04. The fourth-order valence-electron chi connectivity index (χ4n) is 4.11. The zero-order valence-electron chi connectivity index (χ0n) is 19.2. The van der Waals surface area contributed by atoms with Crippen molar-refractivity contribution in [2.24, 2.45) is 17.3 Å². The molecule has 29 heavy (non-hydrogen) atoms. The van der Waals surface area contributed by atoms with Crippen LogP contribution in [0.3, 0.4) is 0 Å². The van der Waals surface area contributed by atoms with Crippen LogP contribution in [0.5, 0.6) is 0 Å². The van der Waals surface area contributed by atoms with Crippen molar-refractivity contribution in [3.8, 4) is 0 Å². The van der Waals surface area contributed by atoms with Crippen LogP contribution in [0.15, 0.2) is 24.3 Å². The Hall–Kier alpha value is -1.13. The lowest BCUT2D eigenvalue weighted by atomic mass is 9.83. The Bertz CT molecular complexity index is 519. The van der Waals surface area contributed by atoms with Crippen LogP contribution in [0.2, 0.25) is 0 Å². The normalized spacial score (nSPS) is 20.8. The molecular weight excluding hydrogens is 364 g/mol. The molecule has 0 bridgehead atoms. The van der Waals surface area contributed by atoms with E-state index >= 15 is 0 Å². The maximum Gasteiger partial charge on any atom is 0.302 e. The highest BCUT2D eigenvalue weighted by atomic mass is 16.6. The third-order valence-electron chi connectivity index (χ3n) is 6.04. The van der Waals surface area contributed by atoms with E-state index in [1.54, 1.807) is 0 Å². The van der Waals surface area contributed by atoms with E-state index in [1.165, 1.54) is 51.9 Å². The van der Waals surface area contributed by atoms with Gasteiger partial charge in [-0.2, -0.15) is 0 Å². The first kappa shape index (κ1) is 25.9. The average Bonchev–Trinajstić information content (AvgIpc) is 3.08. The highest BCUT2D eigenvalue weighted by molar-refractivity contribution is 5.65. The summed E-state index contributed by atoms with van der Waals surface area (Å²) in [7, 11) is 0. The van der Waals surface area contributed by atoms with Gasteiger partial charge in [0.15, 0.2) is 5.79 Å². The number of hydrogen-bond acceptors (Lipinski definition) is 4. The van der Waals surface area contributed by atoms with E-state index in [-0.39, 0.29) is 13.0 Å². The van der Waals surface area contributed by atoms with Gasteiger partial charge in [-0.15, -0.1) is 0 Å². The Balaban J connectivity index is 2.29. The van der Waals surface area contributed by atoms with Gasteiger partial charge in [0, 0.05) is 13.3 Å². The molecule has 0 spiro atoms. The molecule has 0 heterocycles. The highest BCUT2D eigenvalue weighted by Gasteiger charge is 2.25. The summed E-state index contributed by atoms with van der Waals surface area (Å²) in [5, 5.41) is 19.5. The number of rotatable bonds is 14. The summed E-state index contributed by atoms with van der Waals surface area (Å²) in [5.74, 6) is -0.985. The topological polar surface area (TPSA) is 66.8 Å². The number of allylic oxidation sites excluding steroid dienone is 4. The molecule has 1 rings (SSSR count). The van der Waals surface area contributed by atoms with Gasteiger partial charge in [0.1, 0.15) is 6.61 Å². The number of ether oxygens (including phenoxy) is 1. The van der Waals surface area contributed by atoms with Crippen molar-refractivity contribution in [2.45, 2.75) is 104 Å². The SMILES string of the molecule is CCCCC(C)(C)C/C=C/[C@H]1CCC[C@@H]1C/C=C\CCCC(O)(O)COC(C)=O. The molecule has 4 heteroatoms. The minimum atomic E-state index is -1.92. The van der Waals surface area contributed by atoms with Crippen LogP contribution < -0.4 is 0 Å². The van der Waals surface area contributed by atoms with Crippen molar-refractivity contribution in [1.29, 1.82) is 0 Å². The van der Waals surface area contributed by atoms with Crippen molar-refractivity contribution < 1.29 is 19.7 Å². The predicted molar refractivity (Wildman–Crippen MR) is 119 cm³/mol. The number of unbranched alkanes of at least 4 members (excludes halogenated alkanes) is 2. The molecule has 0 aromatic heterocycles. The highest BCUT2D eigenvalue weighted by Crippen LogP contribution is 2.36. The molecule has 0 aliphatic heterocycles. The lowest BCUT2D eigenvalue weighted by molar-refractivity contribution is -0.204. The molecule has 2 atom stereocenters. The molecular formula is C25H44O4. The second kappa shape index (κ2) is 13.2. The lowest BCUT2D eigenvalue weighted by Crippen LogP contribution is -2.34. The molecule has 0 aromatic carbocycles. The van der Waals surface area contributed by atoms with E-state index in [1.807, 2.05) is 0 Å². The van der Waals surface area contributed by atoms with E-state index < -0.39 is 11.8 Å². The molecule has 1 fully saturated rings. The van der Waals surface area contributed by atoms with Gasteiger partial charge in [0.05, 0.1) is 0 Å². The van der Waals surface area contributed by atoms with Crippen LogP contribution in [-0.4, -0.2) is 28.6 Å². The quantitative estimate of drug-likeness (QED) is 0.162. The van der Waals surface area contributed by atoms with E-state index in [2.05, 4.69) is 49.8 Å². The largest absolute Gasteiger partial charge is 0.460 e. The van der Waals surface area contributed by atoms with Crippen LogP contribution in [0.25, 0.3) is 0 Å². The zero-order valence-corrected chi connectivity index (χ0v) is 19.2. The first-order valence-corrected chi connectivity index (χ1v) is 11.5. The molecule has 2 N–H and O–H groups in total. The van der Waals surface area contributed by atoms with E-state index in [9.17, 15) is 15.0 Å². The van der Waals surface area contributed by atoms with Gasteiger partial charge >= 0.3 is 5.97 Å². The van der Waals surface area contributed by atoms with Crippen molar-refractivity contribution in [3.63, 3.8) is 0 Å². The van der Waals surface area contributed by atoms with Gasteiger partial charge in [-0.1, -0.05) is 64.3 Å². The number of carbonyl (C=O) groups is 1. The van der Waals surface area contributed by atoms with Gasteiger partial charge in [0.25, 0.3) is 0 Å². The van der Waals surface area contributed by atoms with Gasteiger partial charge in [-0.3, -0.25) is 4.79 Å². The first-order chi connectivity index (χ1) is 13.7. The third kappa shape index (κ3) is 12.2. The molecule has 0 unspecified atom stereocenters. The number of esters is 1. The van der Waals surface area contributed by atoms with Crippen molar-refractivity contribution in [1.82, 2.24) is 0 Å². The minimum Gasteiger partial charge on any atom is -0.460 e. The second-order valence-electron chi connectivity index (χ2n) is 9.62. The number of carbonyl (C=O) groups excluding carboxylic acids is 1. The maximum absolute atomic E-state index is 10.8. The van der Waals surface area contributed by atoms with Crippen molar-refractivity contribution in [3.05, 3.63) is 24.3 Å². The smallest absolute Gasteiger partial charge is 0.302 e. The Labute approximate surface area is 178 Å². The van der Waals surface area contributed by atoms with Crippen molar-refractivity contribution in [2.75, 3.05) is 6.61 Å². The fourth-order valence-corrected chi connectivity index (χ4v) is 4.11. The number of hydrogen-bond donors (Lipinski definition) is 2. The molecule has 4 nitrogen and oxygen atoms in total. The summed E-state index contributed by atoms with van der Waals surface area (Å²) in [6, 6.07) is 0. The van der Waals surface area contributed by atoms with Crippen LogP contribution in [0.1, 0.15) is 98.3 Å². The molecule has 0 saturated heterocycles. The van der Waals surface area contributed by atoms with Gasteiger partial charge in [0.2, 0.25) is 0 Å². The second-order valence-corrected chi connectivity index (χ2v) is 9.62. The predicted octanol–water partition coefficient (Wildman–Crippen LogP) is 5.93. The summed E-state index contributed by atoms with van der Waals surface area (Å²) in [6.45, 7) is 7.91. The Morgan fingerprint density at radius 3 is 2.55 bits per heavy atom. The van der Waals surface area contributed by atoms with E-state index in [0.29, 0.717) is 17.8 Å². The van der Waals surface area contributed by atoms with E-state index in [4.69, 9.17) is 0 Å². The van der Waals surface area contributed by atoms with Gasteiger partial charge < -0.3 is 14.9 Å². The minimum absolute atomic E-state index is 0.202. The monoisotopic (exact) mass is 408 g/mol. The molecule has 1 saturated carbocycles. The van der Waals surface area contributed by atoms with E-state index in [0.717, 1.165) is 18.8 Å². The molecule has 0 amide bonds. The maximum atomic E-state index is 10.8. The van der Waals surface area contributed by atoms with Crippen LogP contribution in [0, 0.1) is 17.3 Å². The fraction of sp³-hybridized carbons (Fsp3) is 0.800. The standard InChI is InChI=1S/C25H44O4/c1-5-6-17-24(3,4)18-12-16-23-15-11-14-22(23)13-9-7-8-10-19-25(27,28)20-29-21(2)26/h7,9,12,16,22-23,27-28H,5-6,8,10-11,13-15,17-20H2,1-4H3/b9-7-,16-12+/t22-,23+/m0/s1. The van der Waals surface area contributed by atoms with Crippen LogP contribution in [-0.2, 0) is 9.53 Å². The Kier molecular flexibility index (Phi) is 11.8. The van der Waals surface area contributed by atoms with Crippen molar-refractivity contribution >= 4 is 5.97 Å².